The summed E-state index contributed by atoms with van der Waals surface area (Å²) in [6.07, 6.45) is 2.49. The minimum atomic E-state index is 1.25. The Bertz CT molecular complexity index is 19.2. The fourth-order valence-electron chi connectivity index (χ4n) is 0.250. The summed E-state index contributed by atoms with van der Waals surface area (Å²) in [5, 5.41) is 0. The third kappa shape index (κ3) is 2.25. The third-order valence-corrected chi connectivity index (χ3v) is 1.21. The Morgan fingerprint density at radius 2 is 1.50 bits per heavy atom. The van der Waals surface area contributed by atoms with Crippen LogP contribution in [-0.2, 0) is 0 Å². The zero-order chi connectivity index (χ0) is 4.99. The van der Waals surface area contributed by atoms with Crippen molar-refractivity contribution in [2.24, 2.45) is 0 Å². The molecule has 37 valence electrons. The van der Waals surface area contributed by atoms with Crippen LogP contribution in [0.2, 0.25) is 0 Å². The SMILES string of the molecule is CC[C](C)CC. The van der Waals surface area contributed by atoms with E-state index in [0.29, 0.717) is 0 Å². The molecule has 0 spiro atoms. The van der Waals surface area contributed by atoms with Crippen LogP contribution in [0.15, 0.2) is 0 Å². The predicted molar refractivity (Wildman–Crippen MR) is 29.5 cm³/mol. The van der Waals surface area contributed by atoms with E-state index in [1.165, 1.54) is 12.8 Å². The molecule has 0 aromatic heterocycles. The molecule has 0 rings (SSSR count). The number of rotatable bonds is 2. The van der Waals surface area contributed by atoms with Crippen LogP contribution in [0.1, 0.15) is 33.6 Å². The van der Waals surface area contributed by atoms with Crippen LogP contribution in [0.4, 0.5) is 0 Å². The first-order valence-corrected chi connectivity index (χ1v) is 2.62. The fourth-order valence-corrected chi connectivity index (χ4v) is 0.250. The van der Waals surface area contributed by atoms with Gasteiger partial charge in [-0.3, -0.25) is 0 Å². The van der Waals surface area contributed by atoms with Crippen LogP contribution < -0.4 is 0 Å². The van der Waals surface area contributed by atoms with Gasteiger partial charge in [0.2, 0.25) is 0 Å². The van der Waals surface area contributed by atoms with Gasteiger partial charge in [0.1, 0.15) is 0 Å². The molecule has 0 aliphatic rings. The summed E-state index contributed by atoms with van der Waals surface area (Å²) in [7, 11) is 0. The van der Waals surface area contributed by atoms with E-state index < -0.39 is 0 Å². The second kappa shape index (κ2) is 3.20. The Morgan fingerprint density at radius 1 is 1.17 bits per heavy atom. The molecule has 0 aliphatic heterocycles. The molecule has 0 saturated carbocycles. The lowest BCUT2D eigenvalue weighted by molar-refractivity contribution is 0.819. The van der Waals surface area contributed by atoms with E-state index in [2.05, 4.69) is 20.8 Å². The van der Waals surface area contributed by atoms with Gasteiger partial charge in [0, 0.05) is 0 Å². The summed E-state index contributed by atoms with van der Waals surface area (Å²) < 4.78 is 0. The van der Waals surface area contributed by atoms with Gasteiger partial charge in [0.15, 0.2) is 0 Å². The van der Waals surface area contributed by atoms with E-state index in [-0.39, 0.29) is 0 Å². The Morgan fingerprint density at radius 3 is 1.50 bits per heavy atom. The molecular formula is C6H13. The van der Waals surface area contributed by atoms with Gasteiger partial charge in [-0.15, -0.1) is 0 Å². The summed E-state index contributed by atoms with van der Waals surface area (Å²) in [6.45, 7) is 6.58. The quantitative estimate of drug-likeness (QED) is 0.483. The van der Waals surface area contributed by atoms with E-state index in [1.54, 1.807) is 5.92 Å². The Kier molecular flexibility index (Phi) is 3.20. The van der Waals surface area contributed by atoms with Gasteiger partial charge in [0.05, 0.1) is 0 Å². The van der Waals surface area contributed by atoms with E-state index in [9.17, 15) is 0 Å². The highest BCUT2D eigenvalue weighted by Crippen LogP contribution is 2.05. The van der Waals surface area contributed by atoms with Crippen molar-refractivity contribution in [2.75, 3.05) is 0 Å². The smallest absolute Gasteiger partial charge is 0.0277 e. The Hall–Kier alpha value is 0. The topological polar surface area (TPSA) is 0 Å². The lowest BCUT2D eigenvalue weighted by Crippen LogP contribution is -1.81. The summed E-state index contributed by atoms with van der Waals surface area (Å²) in [4.78, 5) is 0. The Labute approximate surface area is 40.6 Å². The van der Waals surface area contributed by atoms with Gasteiger partial charge >= 0.3 is 0 Å². The van der Waals surface area contributed by atoms with Crippen molar-refractivity contribution in [1.82, 2.24) is 0 Å². The maximum Gasteiger partial charge on any atom is -0.0277 e. The molecule has 1 radical (unpaired) electrons. The van der Waals surface area contributed by atoms with Gasteiger partial charge in [-0.1, -0.05) is 33.6 Å². The van der Waals surface area contributed by atoms with Crippen LogP contribution in [0.3, 0.4) is 0 Å². The van der Waals surface area contributed by atoms with Crippen molar-refractivity contribution in [3.63, 3.8) is 0 Å². The van der Waals surface area contributed by atoms with Crippen LogP contribution >= 0.6 is 0 Å². The molecular weight excluding hydrogens is 72.1 g/mol. The average Bonchev–Trinajstić information content (AvgIpc) is 1.65. The summed E-state index contributed by atoms with van der Waals surface area (Å²) in [5.74, 6) is 1.59. The minimum Gasteiger partial charge on any atom is -0.0648 e. The molecule has 0 unspecified atom stereocenters. The van der Waals surface area contributed by atoms with Gasteiger partial charge in [-0.05, 0) is 5.92 Å². The van der Waals surface area contributed by atoms with Crippen LogP contribution in [0.25, 0.3) is 0 Å². The molecule has 0 saturated heterocycles. The van der Waals surface area contributed by atoms with E-state index in [0.717, 1.165) is 0 Å². The first-order chi connectivity index (χ1) is 2.81. The lowest BCUT2D eigenvalue weighted by atomic mass is 10.1. The molecule has 0 bridgehead atoms. The number of hydrogen-bond acceptors (Lipinski definition) is 0. The van der Waals surface area contributed by atoms with Crippen molar-refractivity contribution in [1.29, 1.82) is 0 Å². The standard InChI is InChI=1S/C6H13/c1-4-6(3)5-2/h4-5H2,1-3H3. The molecule has 0 aliphatic carbocycles. The largest absolute Gasteiger partial charge is 0.0648 e. The van der Waals surface area contributed by atoms with E-state index in [1.807, 2.05) is 0 Å². The van der Waals surface area contributed by atoms with Crippen LogP contribution in [-0.4, -0.2) is 0 Å². The summed E-state index contributed by atoms with van der Waals surface area (Å²) >= 11 is 0. The lowest BCUT2D eigenvalue weighted by Gasteiger charge is -1.97. The first-order valence-electron chi connectivity index (χ1n) is 2.62. The fraction of sp³-hybridized carbons (Fsp3) is 0.833. The highest BCUT2D eigenvalue weighted by molar-refractivity contribution is 4.78. The van der Waals surface area contributed by atoms with Gasteiger partial charge in [0.25, 0.3) is 0 Å². The second-order valence-electron chi connectivity index (χ2n) is 1.66. The highest BCUT2D eigenvalue weighted by atomic mass is 13.9. The molecule has 0 aromatic rings. The maximum atomic E-state index is 2.19. The summed E-state index contributed by atoms with van der Waals surface area (Å²) in [6, 6.07) is 0. The molecule has 0 nitrogen and oxygen atoms in total. The molecule has 0 N–H and O–H groups in total. The average molecular weight is 85.2 g/mol. The molecule has 0 heterocycles. The molecule has 0 atom stereocenters. The molecule has 0 amide bonds. The van der Waals surface area contributed by atoms with Crippen molar-refractivity contribution in [2.45, 2.75) is 33.6 Å². The van der Waals surface area contributed by atoms with Crippen molar-refractivity contribution < 1.29 is 0 Å². The number of hydrogen-bond donors (Lipinski definition) is 0. The van der Waals surface area contributed by atoms with E-state index >= 15 is 0 Å². The molecule has 0 aromatic carbocycles. The van der Waals surface area contributed by atoms with E-state index in [4.69, 9.17) is 0 Å². The van der Waals surface area contributed by atoms with Crippen molar-refractivity contribution in [3.8, 4) is 0 Å². The zero-order valence-corrected chi connectivity index (χ0v) is 4.91. The van der Waals surface area contributed by atoms with Crippen molar-refractivity contribution in [3.05, 3.63) is 5.92 Å². The second-order valence-corrected chi connectivity index (χ2v) is 1.66. The molecule has 0 heteroatoms. The minimum absolute atomic E-state index is 1.25. The van der Waals surface area contributed by atoms with Crippen LogP contribution in [0, 0.1) is 5.92 Å². The third-order valence-electron chi connectivity index (χ3n) is 1.21. The first kappa shape index (κ1) is 6.00. The maximum absolute atomic E-state index is 2.19. The monoisotopic (exact) mass is 85.1 g/mol. The van der Waals surface area contributed by atoms with Crippen LogP contribution in [0.5, 0.6) is 0 Å². The van der Waals surface area contributed by atoms with Gasteiger partial charge in [-0.25, -0.2) is 0 Å². The Balaban J connectivity index is 2.75. The normalized spacial score (nSPS) is 10.0. The predicted octanol–water partition coefficient (Wildman–Crippen LogP) is 2.40. The van der Waals surface area contributed by atoms with Gasteiger partial charge < -0.3 is 0 Å². The molecule has 6 heavy (non-hydrogen) atoms. The summed E-state index contributed by atoms with van der Waals surface area (Å²) in [5.41, 5.74) is 0. The molecule has 0 fully saturated rings. The zero-order valence-electron chi connectivity index (χ0n) is 4.91. The van der Waals surface area contributed by atoms with Gasteiger partial charge in [-0.2, -0.15) is 0 Å². The highest BCUT2D eigenvalue weighted by Gasteiger charge is 1.89. The van der Waals surface area contributed by atoms with Crippen molar-refractivity contribution >= 4 is 0 Å².